The molecule has 90 valence electrons. The minimum atomic E-state index is -0.680. The van der Waals surface area contributed by atoms with Gasteiger partial charge in [0.1, 0.15) is 5.82 Å². The van der Waals surface area contributed by atoms with Crippen LogP contribution in [-0.4, -0.2) is 30.7 Å². The molecule has 0 fully saturated rings. The zero-order valence-electron chi connectivity index (χ0n) is 9.46. The number of rotatable bonds is 1. The highest BCUT2D eigenvalue weighted by Crippen LogP contribution is 2.37. The number of likely N-dealkylation sites (N-methyl/N-ethyl adjacent to an activating group) is 1. The minimum Gasteiger partial charge on any atom is -0.348 e. The fourth-order valence-electron chi connectivity index (χ4n) is 2.09. The zero-order valence-corrected chi connectivity index (χ0v) is 11.0. The number of hydrogen-bond acceptors (Lipinski definition) is 2. The van der Waals surface area contributed by atoms with Crippen LogP contribution in [-0.2, 0) is 4.79 Å². The molecule has 1 aromatic rings. The lowest BCUT2D eigenvalue weighted by atomic mass is 9.99. The molecule has 5 heteroatoms. The Morgan fingerprint density at radius 3 is 2.71 bits per heavy atom. The molecule has 0 bridgehead atoms. The largest absolute Gasteiger partial charge is 0.348 e. The van der Waals surface area contributed by atoms with Crippen molar-refractivity contribution in [1.82, 2.24) is 4.90 Å². The molecule has 0 saturated heterocycles. The van der Waals surface area contributed by atoms with Gasteiger partial charge in [0.2, 0.25) is 5.91 Å². The number of benzene rings is 1. The van der Waals surface area contributed by atoms with Gasteiger partial charge < -0.3 is 4.90 Å². The van der Waals surface area contributed by atoms with Crippen LogP contribution in [0.2, 0.25) is 0 Å². The van der Waals surface area contributed by atoms with Crippen LogP contribution in [0.5, 0.6) is 0 Å². The van der Waals surface area contributed by atoms with E-state index in [0.717, 1.165) is 0 Å². The lowest BCUT2D eigenvalue weighted by Crippen LogP contribution is -2.27. The molecule has 1 aliphatic rings. The number of fused-ring (bicyclic) bond motifs is 1. The smallest absolute Gasteiger partial charge is 0.230 e. The summed E-state index contributed by atoms with van der Waals surface area (Å²) in [6.07, 6.45) is 0.0553. The van der Waals surface area contributed by atoms with Gasteiger partial charge in [0.05, 0.1) is 5.92 Å². The summed E-state index contributed by atoms with van der Waals surface area (Å²) in [6, 6.07) is 2.86. The van der Waals surface area contributed by atoms with Crippen LogP contribution in [0.25, 0.3) is 0 Å². The zero-order chi connectivity index (χ0) is 12.7. The molecule has 0 radical (unpaired) electrons. The highest BCUT2D eigenvalue weighted by atomic mass is 79.9. The number of carbonyl (C=O) groups is 2. The second-order valence-corrected chi connectivity index (χ2v) is 5.18. The third-order valence-electron chi connectivity index (χ3n) is 2.87. The maximum Gasteiger partial charge on any atom is 0.230 e. The summed E-state index contributed by atoms with van der Waals surface area (Å²) < 4.78 is 14.4. The number of nitrogens with zero attached hydrogens (tertiary/aromatic N) is 1. The third-order valence-corrected chi connectivity index (χ3v) is 3.33. The van der Waals surface area contributed by atoms with Crippen LogP contribution in [0, 0.1) is 5.82 Å². The van der Waals surface area contributed by atoms with E-state index < -0.39 is 11.7 Å². The minimum absolute atomic E-state index is 0.0553. The Morgan fingerprint density at radius 1 is 1.47 bits per heavy atom. The normalized spacial score (nSPS) is 18.1. The Hall–Kier alpha value is -1.23. The van der Waals surface area contributed by atoms with Crippen molar-refractivity contribution in [3.05, 3.63) is 33.5 Å². The summed E-state index contributed by atoms with van der Waals surface area (Å²) >= 11 is 3.14. The highest BCUT2D eigenvalue weighted by Gasteiger charge is 2.37. The second-order valence-electron chi connectivity index (χ2n) is 4.26. The van der Waals surface area contributed by atoms with Crippen LogP contribution in [0.4, 0.5) is 4.39 Å². The Kier molecular flexibility index (Phi) is 3.03. The number of Topliss-reactive ketones (excluding diaryl/α,β-unsaturated/α-hetero) is 1. The summed E-state index contributed by atoms with van der Waals surface area (Å²) in [7, 11) is 3.20. The van der Waals surface area contributed by atoms with E-state index >= 15 is 0 Å². The standard InChI is InChI=1S/C12H11BrFNO2/c1-15(2)12(17)8-5-10(16)7-3-6(13)4-9(14)11(7)8/h3-4,8H,5H2,1-2H3/t8-/m1/s1. The van der Waals surface area contributed by atoms with Crippen LogP contribution in [0.15, 0.2) is 16.6 Å². The lowest BCUT2D eigenvalue weighted by molar-refractivity contribution is -0.130. The Bertz CT molecular complexity index is 513. The molecule has 1 amide bonds. The molecule has 0 aliphatic heterocycles. The number of hydrogen-bond donors (Lipinski definition) is 0. The molecule has 0 saturated carbocycles. The van der Waals surface area contributed by atoms with Crippen molar-refractivity contribution in [1.29, 1.82) is 0 Å². The molecule has 0 aromatic heterocycles. The first kappa shape index (κ1) is 12.2. The van der Waals surface area contributed by atoms with E-state index in [1.54, 1.807) is 20.2 Å². The fourth-order valence-corrected chi connectivity index (χ4v) is 2.52. The van der Waals surface area contributed by atoms with E-state index in [9.17, 15) is 14.0 Å². The SMILES string of the molecule is CN(C)C(=O)[C@@H]1CC(=O)c2cc(Br)cc(F)c21. The van der Waals surface area contributed by atoms with Gasteiger partial charge in [-0.2, -0.15) is 0 Å². The molecule has 0 heterocycles. The van der Waals surface area contributed by atoms with Gasteiger partial charge in [-0.3, -0.25) is 9.59 Å². The molecular formula is C12H11BrFNO2. The summed E-state index contributed by atoms with van der Waals surface area (Å²) in [5, 5.41) is 0. The van der Waals surface area contributed by atoms with Crippen molar-refractivity contribution in [2.45, 2.75) is 12.3 Å². The summed E-state index contributed by atoms with van der Waals surface area (Å²) in [5.41, 5.74) is 0.550. The quantitative estimate of drug-likeness (QED) is 0.798. The first-order valence-corrected chi connectivity index (χ1v) is 5.94. The Balaban J connectivity index is 2.54. The summed E-state index contributed by atoms with van der Waals surface area (Å²) in [5.74, 6) is -1.60. The number of carbonyl (C=O) groups excluding carboxylic acids is 2. The highest BCUT2D eigenvalue weighted by molar-refractivity contribution is 9.10. The van der Waals surface area contributed by atoms with E-state index in [1.165, 1.54) is 11.0 Å². The first-order chi connectivity index (χ1) is 7.91. The molecule has 1 aliphatic carbocycles. The maximum atomic E-state index is 13.8. The van der Waals surface area contributed by atoms with Crippen molar-refractivity contribution < 1.29 is 14.0 Å². The molecule has 3 nitrogen and oxygen atoms in total. The summed E-state index contributed by atoms with van der Waals surface area (Å²) in [4.78, 5) is 25.0. The molecule has 2 rings (SSSR count). The topological polar surface area (TPSA) is 37.4 Å². The number of ketones is 1. The lowest BCUT2D eigenvalue weighted by Gasteiger charge is -2.16. The molecule has 0 N–H and O–H groups in total. The molecular weight excluding hydrogens is 289 g/mol. The Labute approximate surface area is 107 Å². The molecule has 0 unspecified atom stereocenters. The van der Waals surface area contributed by atoms with Gasteiger partial charge in [0, 0.05) is 36.1 Å². The van der Waals surface area contributed by atoms with Crippen molar-refractivity contribution in [2.24, 2.45) is 0 Å². The van der Waals surface area contributed by atoms with Gasteiger partial charge in [0.15, 0.2) is 5.78 Å². The predicted molar refractivity (Wildman–Crippen MR) is 64.5 cm³/mol. The fraction of sp³-hybridized carbons (Fsp3) is 0.333. The van der Waals surface area contributed by atoms with Gasteiger partial charge in [0.25, 0.3) is 0 Å². The number of halogens is 2. The van der Waals surface area contributed by atoms with Crippen LogP contribution >= 0.6 is 15.9 Å². The van der Waals surface area contributed by atoms with Crippen molar-refractivity contribution in [3.8, 4) is 0 Å². The average Bonchev–Trinajstić information content (AvgIpc) is 2.55. The van der Waals surface area contributed by atoms with E-state index in [0.29, 0.717) is 10.0 Å². The molecule has 0 spiro atoms. The second kappa shape index (κ2) is 4.22. The first-order valence-electron chi connectivity index (χ1n) is 5.15. The van der Waals surface area contributed by atoms with Crippen LogP contribution in [0.3, 0.4) is 0 Å². The number of amides is 1. The molecule has 17 heavy (non-hydrogen) atoms. The van der Waals surface area contributed by atoms with Gasteiger partial charge >= 0.3 is 0 Å². The monoisotopic (exact) mass is 299 g/mol. The van der Waals surface area contributed by atoms with Crippen LogP contribution < -0.4 is 0 Å². The molecule has 1 atom stereocenters. The van der Waals surface area contributed by atoms with Gasteiger partial charge in [-0.15, -0.1) is 0 Å². The van der Waals surface area contributed by atoms with Gasteiger partial charge in [-0.25, -0.2) is 4.39 Å². The summed E-state index contributed by atoms with van der Waals surface area (Å²) in [6.45, 7) is 0. The maximum absolute atomic E-state index is 13.8. The Morgan fingerprint density at radius 2 is 2.12 bits per heavy atom. The van der Waals surface area contributed by atoms with Crippen molar-refractivity contribution >= 4 is 27.6 Å². The van der Waals surface area contributed by atoms with E-state index in [2.05, 4.69) is 15.9 Å². The van der Waals surface area contributed by atoms with Crippen LogP contribution in [0.1, 0.15) is 28.3 Å². The predicted octanol–water partition coefficient (Wildman–Crippen LogP) is 2.35. The third kappa shape index (κ3) is 1.99. The van der Waals surface area contributed by atoms with E-state index in [4.69, 9.17) is 0 Å². The van der Waals surface area contributed by atoms with Gasteiger partial charge in [-0.1, -0.05) is 15.9 Å². The van der Waals surface area contributed by atoms with Crippen molar-refractivity contribution in [2.75, 3.05) is 14.1 Å². The van der Waals surface area contributed by atoms with E-state index in [-0.39, 0.29) is 23.7 Å². The van der Waals surface area contributed by atoms with Crippen molar-refractivity contribution in [3.63, 3.8) is 0 Å². The average molecular weight is 300 g/mol. The molecule has 1 aromatic carbocycles. The van der Waals surface area contributed by atoms with Gasteiger partial charge in [-0.05, 0) is 12.1 Å². The van der Waals surface area contributed by atoms with E-state index in [1.807, 2.05) is 0 Å².